The van der Waals surface area contributed by atoms with E-state index in [1.54, 1.807) is 14.1 Å². The minimum Gasteiger partial charge on any atom is -0.481 e. The molecule has 6 rings (SSSR count). The number of benzene rings is 1. The van der Waals surface area contributed by atoms with Gasteiger partial charge in [-0.3, -0.25) is 39.1 Å². The highest BCUT2D eigenvalue weighted by Gasteiger charge is 2.27. The summed E-state index contributed by atoms with van der Waals surface area (Å²) in [5, 5.41) is 18.0. The number of carbonyl (C=O) groups excluding carboxylic acids is 3. The molecule has 0 atom stereocenters. The Morgan fingerprint density at radius 1 is 0.974 bits per heavy atom. The number of thioether (sulfide) groups is 1. The van der Waals surface area contributed by atoms with E-state index in [0.29, 0.717) is 34.7 Å². The summed E-state index contributed by atoms with van der Waals surface area (Å²) < 4.78 is 69.0. The fourth-order valence-electron chi connectivity index (χ4n) is 5.62. The van der Waals surface area contributed by atoms with Gasteiger partial charge in [-0.05, 0) is 80.8 Å². The van der Waals surface area contributed by atoms with Gasteiger partial charge in [0.15, 0.2) is 5.03 Å². The average molecular weight is 1200 g/mol. The number of pyridine rings is 1. The molecule has 4 aromatic heterocycles. The number of carboxylic acid groups (broad SMARTS) is 1. The largest absolute Gasteiger partial charge is 0.481 e. The van der Waals surface area contributed by atoms with Crippen molar-refractivity contribution in [3.8, 4) is 11.8 Å². The first-order valence-electron chi connectivity index (χ1n) is 22.1. The molecule has 8 N–H and O–H groups in total. The molecule has 5 aromatic rings. The number of amides is 3. The first-order chi connectivity index (χ1) is 36.2. The predicted octanol–water partition coefficient (Wildman–Crippen LogP) is 3.47. The van der Waals surface area contributed by atoms with Crippen LogP contribution in [0.1, 0.15) is 44.0 Å². The van der Waals surface area contributed by atoms with Crippen molar-refractivity contribution in [3.05, 3.63) is 72.7 Å². The van der Waals surface area contributed by atoms with Crippen LogP contribution in [-0.2, 0) is 42.0 Å². The van der Waals surface area contributed by atoms with Crippen molar-refractivity contribution in [2.24, 2.45) is 4.99 Å². The predicted molar refractivity (Wildman–Crippen MR) is 282 cm³/mol. The van der Waals surface area contributed by atoms with Crippen LogP contribution in [0.5, 0.6) is 11.8 Å². The fourth-order valence-corrected chi connectivity index (χ4v) is 9.21. The second-order valence-electron chi connectivity index (χ2n) is 15.4. The highest BCUT2D eigenvalue weighted by molar-refractivity contribution is 8.00. The lowest BCUT2D eigenvalue weighted by Crippen LogP contribution is -2.36. The lowest BCUT2D eigenvalue weighted by molar-refractivity contribution is -0.137. The number of sulfonamides is 1. The Morgan fingerprint density at radius 2 is 1.61 bits per heavy atom. The maximum absolute atomic E-state index is 14.3. The van der Waals surface area contributed by atoms with E-state index < -0.39 is 65.2 Å². The van der Waals surface area contributed by atoms with Crippen LogP contribution in [0.4, 0.5) is 32.7 Å². The van der Waals surface area contributed by atoms with Crippen molar-refractivity contribution in [2.45, 2.75) is 62.7 Å². The molecule has 0 bridgehead atoms. The van der Waals surface area contributed by atoms with Gasteiger partial charge in [-0.15, -0.1) is 11.8 Å². The third kappa shape index (κ3) is 22.1. The molecule has 0 radical (unpaired) electrons. The minimum atomic E-state index is -4.46. The average Bonchev–Trinajstić information content (AvgIpc) is 3.67. The summed E-state index contributed by atoms with van der Waals surface area (Å²) in [6, 6.07) is 5.81. The van der Waals surface area contributed by atoms with Gasteiger partial charge in [0, 0.05) is 50.9 Å². The van der Waals surface area contributed by atoms with Crippen LogP contribution >= 0.6 is 53.9 Å². The molecule has 5 heterocycles. The van der Waals surface area contributed by atoms with Crippen LogP contribution in [0.25, 0.3) is 0 Å². The standard InChI is InChI=1S/C15H15ClFN3O3S2.C15H18N6O6S.C8H14ClN5.C3H8NO5P/c1-23-13(21)8-24-12-7-11(10(17)6-9(12)16)18-14-19-4-2-3-5-20(19)15(22)25-14;1-21(2)13(22)9-6-5-7-16-12(9)28(24,25)20-15(23)19-14-17-10(26-3)8-11(18-14)27-4;1-4-10-7-12-6(9)13-8(14-7)11-5(2)3;5-3(6)1-4-2-10(7,8)9/h6-7H,2-5,8H2,1H3;5-8H,1-4H3,(H2,17,18,19,20,23);5H,4H2,1-3H3,(H2,10,11,12,13,14);4H,1-2H2,(H,5,6)(H2,7,8,9)/b18-14-;;;. The summed E-state index contributed by atoms with van der Waals surface area (Å²) in [7, 11) is -1.65. The molecule has 3 amide bonds. The van der Waals surface area contributed by atoms with Crippen LogP contribution in [-0.4, -0.2) is 158 Å². The third-order valence-electron chi connectivity index (χ3n) is 8.85. The second kappa shape index (κ2) is 31.0. The molecule has 0 saturated carbocycles. The highest BCUT2D eigenvalue weighted by Crippen LogP contribution is 2.33. The smallest absolute Gasteiger partial charge is 0.339 e. The Balaban J connectivity index is 0.000000290. The lowest BCUT2D eigenvalue weighted by atomic mass is 10.2. The number of nitrogens with zero attached hydrogens (tertiary/aromatic N) is 10. The number of ether oxygens (including phenoxy) is 3. The first kappa shape index (κ1) is 64.7. The van der Waals surface area contributed by atoms with Gasteiger partial charge in [0.2, 0.25) is 39.7 Å². The SMILES string of the molecule is CCNc1nc(Cl)nc(NC(C)C)n1.COC(=O)CSc1cc(/N=c2\sc(=O)n3n2CCCC3)c(F)cc1Cl.COc1cc(OC)nc(NC(=O)NS(=O)(=O)c2ncccc2C(=O)N(C)C)n1.O=C(O)CNCP(=O)(O)O. The topological polar surface area (TPSA) is 388 Å². The number of fused-ring (bicyclic) bond motifs is 1. The number of carboxylic acids is 1. The molecule has 1 aromatic carbocycles. The number of rotatable bonds is 18. The molecule has 36 heteroatoms. The van der Waals surface area contributed by atoms with Crippen molar-refractivity contribution in [3.63, 3.8) is 0 Å². The zero-order valence-corrected chi connectivity index (χ0v) is 47.2. The van der Waals surface area contributed by atoms with E-state index in [0.717, 1.165) is 48.6 Å². The van der Waals surface area contributed by atoms with Crippen molar-refractivity contribution in [1.82, 2.24) is 54.2 Å². The van der Waals surface area contributed by atoms with Crippen LogP contribution in [0.2, 0.25) is 10.3 Å². The Labute approximate surface area is 457 Å². The summed E-state index contributed by atoms with van der Waals surface area (Å²) in [6.45, 7) is 7.61. The summed E-state index contributed by atoms with van der Waals surface area (Å²) >= 11 is 13.9. The van der Waals surface area contributed by atoms with Gasteiger partial charge in [0.05, 0.1) is 56.6 Å². The molecular formula is C41H55Cl2FN15O14PS3. The number of anilines is 3. The van der Waals surface area contributed by atoms with Crippen LogP contribution in [0.15, 0.2) is 56.2 Å². The molecule has 0 spiro atoms. The molecular weight excluding hydrogens is 1140 g/mol. The van der Waals surface area contributed by atoms with Gasteiger partial charge in [-0.25, -0.2) is 28.6 Å². The Kier molecular flexibility index (Phi) is 26.0. The summed E-state index contributed by atoms with van der Waals surface area (Å²) in [5.74, 6) is -1.74. The molecule has 0 unspecified atom stereocenters. The molecule has 0 aliphatic carbocycles. The Hall–Kier alpha value is -6.58. The fraction of sp³-hybridized carbons (Fsp3) is 0.415. The molecule has 422 valence electrons. The van der Waals surface area contributed by atoms with E-state index in [9.17, 15) is 41.3 Å². The van der Waals surface area contributed by atoms with Crippen LogP contribution < -0.4 is 45.1 Å². The number of nitrogens with one attached hydrogen (secondary N) is 5. The van der Waals surface area contributed by atoms with E-state index >= 15 is 0 Å². The number of hydrogen-bond donors (Lipinski definition) is 8. The summed E-state index contributed by atoms with van der Waals surface area (Å²) in [6.07, 6.45) is 2.49. The van der Waals surface area contributed by atoms with Gasteiger partial charge in [0.1, 0.15) is 11.5 Å². The number of urea groups is 1. The molecule has 0 saturated heterocycles. The number of methoxy groups -OCH3 is 3. The molecule has 0 fully saturated rings. The minimum absolute atomic E-state index is 0.0605. The number of esters is 1. The van der Waals surface area contributed by atoms with Crippen molar-refractivity contribution < 1.29 is 65.7 Å². The molecule has 1 aliphatic heterocycles. The van der Waals surface area contributed by atoms with Crippen molar-refractivity contribution in [1.29, 1.82) is 0 Å². The van der Waals surface area contributed by atoms with Crippen LogP contribution in [0.3, 0.4) is 0 Å². The molecule has 1 aliphatic rings. The maximum atomic E-state index is 14.3. The normalized spacial score (nSPS) is 11.9. The molecule has 29 nitrogen and oxygen atoms in total. The van der Waals surface area contributed by atoms with Crippen molar-refractivity contribution >= 4 is 111 Å². The summed E-state index contributed by atoms with van der Waals surface area (Å²) in [4.78, 5) is 104. The highest BCUT2D eigenvalue weighted by atomic mass is 35.5. The van der Waals surface area contributed by atoms with Gasteiger partial charge in [-0.1, -0.05) is 11.6 Å². The number of carbonyl (C=O) groups is 4. The van der Waals surface area contributed by atoms with Crippen molar-refractivity contribution in [2.75, 3.05) is 76.5 Å². The number of halogens is 3. The van der Waals surface area contributed by atoms with E-state index in [2.05, 4.69) is 60.9 Å². The number of aliphatic carboxylic acids is 1. The third-order valence-corrected chi connectivity index (χ3v) is 13.3. The Bertz CT molecular complexity index is 3130. The lowest BCUT2D eigenvalue weighted by Gasteiger charge is -2.15. The first-order valence-corrected chi connectivity index (χ1v) is 27.9. The maximum Gasteiger partial charge on any atom is 0.339 e. The van der Waals surface area contributed by atoms with E-state index in [4.69, 9.17) is 47.6 Å². The van der Waals surface area contributed by atoms with E-state index in [1.807, 2.05) is 20.8 Å². The van der Waals surface area contributed by atoms with Gasteiger partial charge < -0.3 is 44.6 Å². The zero-order chi connectivity index (χ0) is 57.6. The zero-order valence-electron chi connectivity index (χ0n) is 42.3. The summed E-state index contributed by atoms with van der Waals surface area (Å²) in [5.41, 5.74) is -0.105. The number of hydrogen-bond acceptors (Lipinski definition) is 23. The Morgan fingerprint density at radius 3 is 2.18 bits per heavy atom. The quantitative estimate of drug-likeness (QED) is 0.0354. The van der Waals surface area contributed by atoms with E-state index in [-0.39, 0.29) is 55.9 Å². The van der Waals surface area contributed by atoms with E-state index in [1.165, 1.54) is 70.8 Å². The van der Waals surface area contributed by atoms with Gasteiger partial charge >= 0.3 is 30.4 Å². The second-order valence-corrected chi connectivity index (χ2v) is 21.4. The monoisotopic (exact) mass is 1200 g/mol. The molecule has 77 heavy (non-hydrogen) atoms. The van der Waals surface area contributed by atoms with Crippen LogP contribution in [0, 0.1) is 5.82 Å². The number of aromatic nitrogens is 8. The van der Waals surface area contributed by atoms with Gasteiger partial charge in [-0.2, -0.15) is 33.3 Å². The van der Waals surface area contributed by atoms with Gasteiger partial charge in [0.25, 0.3) is 15.9 Å².